The molecule has 0 amide bonds. The summed E-state index contributed by atoms with van der Waals surface area (Å²) in [6.45, 7) is 0. The molecule has 1 aliphatic rings. The Morgan fingerprint density at radius 1 is 1.20 bits per heavy atom. The largest absolute Gasteiger partial charge is 0.287 e. The molecule has 0 N–H and O–H groups in total. The summed E-state index contributed by atoms with van der Waals surface area (Å²) in [6, 6.07) is 10.6. The number of carbonyl (C=O) groups excluding carboxylic acids is 1. The lowest BCUT2D eigenvalue weighted by Gasteiger charge is -2.27. The van der Waals surface area contributed by atoms with Gasteiger partial charge in [0.2, 0.25) is 0 Å². The Balaban J connectivity index is 2.08. The molecule has 80 valence electrons. The Morgan fingerprint density at radius 3 is 2.60 bits per heavy atom. The number of rotatable bonds is 2. The van der Waals surface area contributed by atoms with Crippen LogP contribution < -0.4 is 0 Å². The second-order valence-electron chi connectivity index (χ2n) is 4.28. The van der Waals surface area contributed by atoms with Crippen LogP contribution in [0.25, 0.3) is 0 Å². The fourth-order valence-corrected chi connectivity index (χ4v) is 2.99. The van der Waals surface area contributed by atoms with Gasteiger partial charge in [0, 0.05) is 5.92 Å². The van der Waals surface area contributed by atoms with Gasteiger partial charge in [-0.2, -0.15) is 0 Å². The molecule has 2 rings (SSSR count). The molecule has 2 atom stereocenters. The van der Waals surface area contributed by atoms with Crippen molar-refractivity contribution in [3.8, 4) is 0 Å². The molecule has 0 radical (unpaired) electrons. The van der Waals surface area contributed by atoms with E-state index in [-0.39, 0.29) is 0 Å². The van der Waals surface area contributed by atoms with Crippen LogP contribution in [0.3, 0.4) is 0 Å². The summed E-state index contributed by atoms with van der Waals surface area (Å²) < 4.78 is 0.341. The van der Waals surface area contributed by atoms with Crippen LogP contribution in [0.4, 0.5) is 0 Å². The molecule has 0 bridgehead atoms. The average molecular weight is 314 g/mol. The Morgan fingerprint density at radius 2 is 1.93 bits per heavy atom. The highest BCUT2D eigenvalue weighted by Gasteiger charge is 2.26. The molecule has 1 saturated carbocycles. The first kappa shape index (κ1) is 11.1. The van der Waals surface area contributed by atoms with Crippen LogP contribution in [0.5, 0.6) is 0 Å². The van der Waals surface area contributed by atoms with Crippen LogP contribution in [0, 0.1) is 5.92 Å². The summed E-state index contributed by atoms with van der Waals surface area (Å²) in [7, 11) is 0. The van der Waals surface area contributed by atoms with Crippen molar-refractivity contribution >= 4 is 26.4 Å². The minimum Gasteiger partial charge on any atom is -0.287 e. The predicted octanol–water partition coefficient (Wildman–Crippen LogP) is 3.92. The van der Waals surface area contributed by atoms with Gasteiger partial charge in [-0.25, -0.2) is 0 Å². The van der Waals surface area contributed by atoms with E-state index in [1.54, 1.807) is 0 Å². The van der Waals surface area contributed by atoms with Gasteiger partial charge in [-0.05, 0) is 53.3 Å². The zero-order valence-electron chi connectivity index (χ0n) is 8.66. The summed E-state index contributed by atoms with van der Waals surface area (Å²) in [6.07, 6.45) is 4.57. The first-order valence-electron chi connectivity index (χ1n) is 5.51. The first-order chi connectivity index (χ1) is 7.27. The topological polar surface area (TPSA) is 17.1 Å². The second-order valence-corrected chi connectivity index (χ2v) is 5.34. The van der Waals surface area contributed by atoms with E-state index in [1.807, 2.05) is 28.7 Å². The summed E-state index contributed by atoms with van der Waals surface area (Å²) >= 11 is 1.95. The van der Waals surface area contributed by atoms with E-state index < -0.39 is 0 Å². The lowest BCUT2D eigenvalue weighted by atomic mass is 9.79. The molecule has 0 heterocycles. The molecule has 1 aromatic rings. The lowest BCUT2D eigenvalue weighted by molar-refractivity contribution is -0.113. The monoisotopic (exact) mass is 314 g/mol. The summed E-state index contributed by atoms with van der Waals surface area (Å²) in [4.78, 5) is 11.4. The van der Waals surface area contributed by atoms with Crippen LogP contribution in [0.2, 0.25) is 0 Å². The van der Waals surface area contributed by atoms with E-state index in [0.717, 1.165) is 12.8 Å². The van der Waals surface area contributed by atoms with E-state index >= 15 is 0 Å². The molecule has 1 nitrogen and oxygen atoms in total. The van der Waals surface area contributed by atoms with Crippen molar-refractivity contribution in [3.05, 3.63) is 35.9 Å². The highest BCUT2D eigenvalue weighted by Crippen LogP contribution is 2.37. The molecule has 1 aromatic carbocycles. The molecule has 0 saturated heterocycles. The van der Waals surface area contributed by atoms with Crippen molar-refractivity contribution < 1.29 is 4.79 Å². The van der Waals surface area contributed by atoms with Gasteiger partial charge in [0.05, 0.1) is 0 Å². The summed E-state index contributed by atoms with van der Waals surface area (Å²) in [5, 5.41) is 0. The van der Waals surface area contributed by atoms with E-state index in [4.69, 9.17) is 0 Å². The maximum atomic E-state index is 11.4. The highest BCUT2D eigenvalue weighted by atomic mass is 127. The fourth-order valence-electron chi connectivity index (χ4n) is 2.42. The molecule has 0 spiro atoms. The van der Waals surface area contributed by atoms with Crippen LogP contribution in [-0.2, 0) is 4.79 Å². The van der Waals surface area contributed by atoms with Gasteiger partial charge in [-0.3, -0.25) is 4.79 Å². The Hall–Kier alpha value is -0.380. The number of benzene rings is 1. The Labute approximate surface area is 104 Å². The van der Waals surface area contributed by atoms with Crippen molar-refractivity contribution in [1.29, 1.82) is 0 Å². The highest BCUT2D eigenvalue weighted by molar-refractivity contribution is 14.1. The molecule has 1 fully saturated rings. The first-order valence-corrected chi connectivity index (χ1v) is 6.59. The lowest BCUT2D eigenvalue weighted by Crippen LogP contribution is -2.18. The zero-order valence-corrected chi connectivity index (χ0v) is 10.8. The second kappa shape index (κ2) is 5.10. The van der Waals surface area contributed by atoms with Crippen LogP contribution in [-0.4, -0.2) is 3.79 Å². The van der Waals surface area contributed by atoms with Crippen molar-refractivity contribution in [3.63, 3.8) is 0 Å². The van der Waals surface area contributed by atoms with E-state index in [9.17, 15) is 4.79 Å². The maximum absolute atomic E-state index is 11.4. The van der Waals surface area contributed by atoms with Crippen molar-refractivity contribution in [2.75, 3.05) is 0 Å². The van der Waals surface area contributed by atoms with Crippen LogP contribution >= 0.6 is 22.6 Å². The van der Waals surface area contributed by atoms with Gasteiger partial charge < -0.3 is 0 Å². The number of hydrogen-bond acceptors (Lipinski definition) is 1. The fraction of sp³-hybridized carbons (Fsp3) is 0.462. The molecular formula is C13H15IO. The quantitative estimate of drug-likeness (QED) is 0.597. The third-order valence-corrected chi connectivity index (χ3v) is 4.15. The minimum absolute atomic E-state index is 0.296. The van der Waals surface area contributed by atoms with Crippen LogP contribution in [0.1, 0.15) is 37.2 Å². The molecule has 15 heavy (non-hydrogen) atoms. The van der Waals surface area contributed by atoms with Gasteiger partial charge in [0.1, 0.15) is 0 Å². The third kappa shape index (κ3) is 2.80. The molecule has 2 heteroatoms. The predicted molar refractivity (Wildman–Crippen MR) is 70.2 cm³/mol. The van der Waals surface area contributed by atoms with Gasteiger partial charge in [-0.1, -0.05) is 36.8 Å². The van der Waals surface area contributed by atoms with Crippen molar-refractivity contribution in [2.45, 2.75) is 31.6 Å². The van der Waals surface area contributed by atoms with Gasteiger partial charge in [0.25, 0.3) is 0 Å². The van der Waals surface area contributed by atoms with Gasteiger partial charge in [-0.15, -0.1) is 0 Å². The van der Waals surface area contributed by atoms with Gasteiger partial charge >= 0.3 is 0 Å². The maximum Gasteiger partial charge on any atom is 0.195 e. The zero-order chi connectivity index (χ0) is 10.7. The Kier molecular flexibility index (Phi) is 3.78. The Bertz CT molecular complexity index is 334. The molecule has 0 aliphatic heterocycles. The molecular weight excluding hydrogens is 299 g/mol. The molecule has 1 aliphatic carbocycles. The number of hydrogen-bond donors (Lipinski definition) is 0. The van der Waals surface area contributed by atoms with Crippen LogP contribution in [0.15, 0.2) is 30.3 Å². The smallest absolute Gasteiger partial charge is 0.195 e. The minimum atomic E-state index is 0.296. The van der Waals surface area contributed by atoms with Gasteiger partial charge in [0.15, 0.2) is 3.79 Å². The standard InChI is InChI=1S/C13H15IO/c14-13(15)12-8-4-7-11(9-12)10-5-2-1-3-6-10/h1-3,5-6,11-12H,4,7-9H2/t11-,12-/m1/s1. The third-order valence-electron chi connectivity index (χ3n) is 3.27. The van der Waals surface area contributed by atoms with Crippen molar-refractivity contribution in [2.24, 2.45) is 5.92 Å². The molecule has 0 aromatic heterocycles. The van der Waals surface area contributed by atoms with Crippen molar-refractivity contribution in [1.82, 2.24) is 0 Å². The number of carbonyl (C=O) groups is 1. The normalized spacial score (nSPS) is 26.2. The number of halogens is 1. The summed E-state index contributed by atoms with van der Waals surface area (Å²) in [5.41, 5.74) is 1.40. The average Bonchev–Trinajstić information content (AvgIpc) is 2.30. The summed E-state index contributed by atoms with van der Waals surface area (Å²) in [5.74, 6) is 0.897. The molecule has 0 unspecified atom stereocenters. The van der Waals surface area contributed by atoms with E-state index in [0.29, 0.717) is 15.6 Å². The SMILES string of the molecule is O=C(I)[C@@H]1CCC[C@@H](c2ccccc2)C1. The van der Waals surface area contributed by atoms with E-state index in [2.05, 4.69) is 24.3 Å². The van der Waals surface area contributed by atoms with E-state index in [1.165, 1.54) is 18.4 Å².